The number of nitrogens with one attached hydrogen (secondary N) is 1. The van der Waals surface area contributed by atoms with Crippen molar-refractivity contribution in [2.45, 2.75) is 20.0 Å². The molecular weight excluding hydrogens is 419 g/mol. The van der Waals surface area contributed by atoms with Crippen LogP contribution in [0, 0.1) is 12.7 Å². The molecule has 0 aliphatic carbocycles. The highest BCUT2D eigenvalue weighted by molar-refractivity contribution is 6.32. The molecule has 0 saturated heterocycles. The van der Waals surface area contributed by atoms with Crippen molar-refractivity contribution in [2.75, 3.05) is 19.0 Å². The average Bonchev–Trinajstić information content (AvgIpc) is 2.68. The van der Waals surface area contributed by atoms with Gasteiger partial charge in [0.25, 0.3) is 11.8 Å². The van der Waals surface area contributed by atoms with Crippen LogP contribution in [0.25, 0.3) is 0 Å². The lowest BCUT2D eigenvalue weighted by Gasteiger charge is -2.16. The summed E-state index contributed by atoms with van der Waals surface area (Å²) in [4.78, 5) is 35.6. The van der Waals surface area contributed by atoms with Gasteiger partial charge in [0.05, 0.1) is 17.7 Å². The average molecular weight is 439 g/mol. The maximum Gasteiger partial charge on any atom is 0.339 e. The van der Waals surface area contributed by atoms with Gasteiger partial charge in [-0.1, -0.05) is 17.7 Å². The summed E-state index contributed by atoms with van der Waals surface area (Å²) in [7, 11) is 1.31. The molecule has 160 valence electrons. The Morgan fingerprint density at radius 1 is 1.23 bits per heavy atom. The molecule has 1 unspecified atom stereocenters. The molecule has 0 aliphatic heterocycles. The van der Waals surface area contributed by atoms with Crippen LogP contribution >= 0.6 is 11.6 Å². The molecule has 0 spiro atoms. The number of ether oxygens (including phenoxy) is 3. The number of primary amides is 1. The van der Waals surface area contributed by atoms with Crippen LogP contribution in [0.1, 0.15) is 22.8 Å². The number of rotatable bonds is 8. The first kappa shape index (κ1) is 23.0. The normalized spacial score (nSPS) is 11.4. The van der Waals surface area contributed by atoms with Gasteiger partial charge in [0, 0.05) is 5.69 Å². The first-order chi connectivity index (χ1) is 14.1. The predicted molar refractivity (Wildman–Crippen MR) is 107 cm³/mol. The zero-order valence-corrected chi connectivity index (χ0v) is 17.2. The number of amides is 2. The molecule has 0 fully saturated rings. The Morgan fingerprint density at radius 3 is 2.53 bits per heavy atom. The number of methoxy groups -OCH3 is 1. The van der Waals surface area contributed by atoms with Gasteiger partial charge in [-0.05, 0) is 43.7 Å². The van der Waals surface area contributed by atoms with Crippen molar-refractivity contribution in [2.24, 2.45) is 5.73 Å². The van der Waals surface area contributed by atoms with Crippen molar-refractivity contribution in [1.29, 1.82) is 0 Å². The molecule has 3 N–H and O–H groups in total. The molecule has 8 nitrogen and oxygen atoms in total. The van der Waals surface area contributed by atoms with Crippen LogP contribution in [0.15, 0.2) is 30.3 Å². The number of carbonyl (C=O) groups excluding carboxylic acids is 3. The zero-order chi connectivity index (χ0) is 22.4. The molecule has 2 aromatic carbocycles. The van der Waals surface area contributed by atoms with Crippen molar-refractivity contribution in [1.82, 2.24) is 0 Å². The van der Waals surface area contributed by atoms with E-state index in [1.54, 1.807) is 6.92 Å². The van der Waals surface area contributed by atoms with E-state index in [-0.39, 0.29) is 27.8 Å². The summed E-state index contributed by atoms with van der Waals surface area (Å²) in [6, 6.07) is 6.72. The first-order valence-electron chi connectivity index (χ1n) is 8.69. The fourth-order valence-electron chi connectivity index (χ4n) is 2.32. The van der Waals surface area contributed by atoms with Gasteiger partial charge in [-0.15, -0.1) is 0 Å². The maximum atomic E-state index is 13.6. The standard InChI is InChI=1S/C20H20ClFN2O6/c1-10-4-5-13(8-15(10)22)24-19(26)11(2)30-20(27)12-6-14(21)18(16(7-12)28-3)29-9-17(23)25/h4-8,11H,9H2,1-3H3,(H2,23,25)(H,24,26). The number of hydrogen-bond acceptors (Lipinski definition) is 6. The lowest BCUT2D eigenvalue weighted by molar-refractivity contribution is -0.123. The van der Waals surface area contributed by atoms with Crippen molar-refractivity contribution < 1.29 is 33.0 Å². The summed E-state index contributed by atoms with van der Waals surface area (Å²) in [6.07, 6.45) is -1.18. The van der Waals surface area contributed by atoms with Crippen LogP contribution in [-0.2, 0) is 14.3 Å². The second-order valence-corrected chi connectivity index (χ2v) is 6.65. The van der Waals surface area contributed by atoms with E-state index >= 15 is 0 Å². The number of carbonyl (C=O) groups is 3. The van der Waals surface area contributed by atoms with E-state index < -0.39 is 36.3 Å². The molecule has 0 aliphatic rings. The van der Waals surface area contributed by atoms with Gasteiger partial charge < -0.3 is 25.3 Å². The minimum absolute atomic E-state index is 0.00990. The van der Waals surface area contributed by atoms with Crippen molar-refractivity contribution in [3.05, 3.63) is 52.3 Å². The molecule has 0 aromatic heterocycles. The van der Waals surface area contributed by atoms with E-state index in [1.165, 1.54) is 38.3 Å². The molecule has 2 rings (SSSR count). The van der Waals surface area contributed by atoms with Crippen LogP contribution in [0.5, 0.6) is 11.5 Å². The van der Waals surface area contributed by atoms with E-state index in [0.717, 1.165) is 6.07 Å². The maximum absolute atomic E-state index is 13.6. The smallest absolute Gasteiger partial charge is 0.339 e. The summed E-state index contributed by atoms with van der Waals surface area (Å²) in [6.45, 7) is 2.52. The number of nitrogens with two attached hydrogens (primary N) is 1. The Hall–Kier alpha value is -3.33. The van der Waals surface area contributed by atoms with Crippen molar-refractivity contribution in [3.8, 4) is 11.5 Å². The van der Waals surface area contributed by atoms with Gasteiger partial charge in [0.1, 0.15) is 5.82 Å². The van der Waals surface area contributed by atoms with E-state index in [9.17, 15) is 18.8 Å². The second-order valence-electron chi connectivity index (χ2n) is 6.25. The Balaban J connectivity index is 2.10. The third kappa shape index (κ3) is 5.84. The second kappa shape index (κ2) is 9.93. The van der Waals surface area contributed by atoms with Crippen molar-refractivity contribution >= 4 is 35.1 Å². The van der Waals surface area contributed by atoms with Crippen LogP contribution < -0.4 is 20.5 Å². The van der Waals surface area contributed by atoms with Crippen LogP contribution in [-0.4, -0.2) is 37.6 Å². The number of aryl methyl sites for hydroxylation is 1. The summed E-state index contributed by atoms with van der Waals surface area (Å²) in [5.74, 6) is -2.59. The molecule has 2 aromatic rings. The Morgan fingerprint density at radius 2 is 1.93 bits per heavy atom. The zero-order valence-electron chi connectivity index (χ0n) is 16.5. The molecule has 0 radical (unpaired) electrons. The molecule has 1 atom stereocenters. The van der Waals surface area contributed by atoms with E-state index in [4.69, 9.17) is 31.5 Å². The number of benzene rings is 2. The molecule has 10 heteroatoms. The highest BCUT2D eigenvalue weighted by Crippen LogP contribution is 2.36. The quantitative estimate of drug-likeness (QED) is 0.612. The predicted octanol–water partition coefficient (Wildman–Crippen LogP) is 2.84. The van der Waals surface area contributed by atoms with Gasteiger partial charge in [0.15, 0.2) is 24.2 Å². The fraction of sp³-hybridized carbons (Fsp3) is 0.250. The van der Waals surface area contributed by atoms with Gasteiger partial charge in [0.2, 0.25) is 0 Å². The fourth-order valence-corrected chi connectivity index (χ4v) is 2.58. The Labute approximate surface area is 177 Å². The summed E-state index contributed by atoms with van der Waals surface area (Å²) < 4.78 is 29.0. The van der Waals surface area contributed by atoms with Gasteiger partial charge in [-0.25, -0.2) is 9.18 Å². The Bertz CT molecular complexity index is 982. The molecule has 0 saturated carbocycles. The van der Waals surface area contributed by atoms with Gasteiger partial charge in [-0.2, -0.15) is 0 Å². The van der Waals surface area contributed by atoms with Crippen LogP contribution in [0.4, 0.5) is 10.1 Å². The monoisotopic (exact) mass is 438 g/mol. The number of esters is 1. The largest absolute Gasteiger partial charge is 0.493 e. The molecular formula is C20H20ClFN2O6. The topological polar surface area (TPSA) is 117 Å². The van der Waals surface area contributed by atoms with E-state index in [1.807, 2.05) is 0 Å². The SMILES string of the molecule is COc1cc(C(=O)OC(C)C(=O)Nc2ccc(C)c(F)c2)cc(Cl)c1OCC(N)=O. The third-order valence-electron chi connectivity index (χ3n) is 3.92. The number of hydrogen-bond donors (Lipinski definition) is 2. The lowest BCUT2D eigenvalue weighted by Crippen LogP contribution is -2.30. The highest BCUT2D eigenvalue weighted by Gasteiger charge is 2.22. The lowest BCUT2D eigenvalue weighted by atomic mass is 10.2. The number of halogens is 2. The molecule has 0 heterocycles. The molecule has 30 heavy (non-hydrogen) atoms. The third-order valence-corrected chi connectivity index (χ3v) is 4.20. The van der Waals surface area contributed by atoms with Crippen LogP contribution in [0.2, 0.25) is 5.02 Å². The molecule has 0 bridgehead atoms. The minimum Gasteiger partial charge on any atom is -0.493 e. The number of anilines is 1. The summed E-state index contributed by atoms with van der Waals surface area (Å²) in [5, 5.41) is 2.45. The summed E-state index contributed by atoms with van der Waals surface area (Å²) >= 11 is 6.10. The van der Waals surface area contributed by atoms with Gasteiger partial charge >= 0.3 is 5.97 Å². The highest BCUT2D eigenvalue weighted by atomic mass is 35.5. The first-order valence-corrected chi connectivity index (χ1v) is 9.06. The van der Waals surface area contributed by atoms with Crippen LogP contribution in [0.3, 0.4) is 0 Å². The Kier molecular flexibility index (Phi) is 7.60. The summed E-state index contributed by atoms with van der Waals surface area (Å²) in [5.41, 5.74) is 5.68. The van der Waals surface area contributed by atoms with Gasteiger partial charge in [-0.3, -0.25) is 9.59 Å². The van der Waals surface area contributed by atoms with E-state index in [0.29, 0.717) is 5.56 Å². The minimum atomic E-state index is -1.18. The van der Waals surface area contributed by atoms with E-state index in [2.05, 4.69) is 5.32 Å². The van der Waals surface area contributed by atoms with Crippen molar-refractivity contribution in [3.63, 3.8) is 0 Å². The molecule has 2 amide bonds.